The molecule has 4 nitrogen and oxygen atoms in total. The largest absolute Gasteiger partial charge is 0.314 e. The second-order valence-electron chi connectivity index (χ2n) is 4.80. The molecule has 1 atom stereocenters. The van der Waals surface area contributed by atoms with Crippen LogP contribution in [-0.2, 0) is 16.4 Å². The predicted octanol–water partition coefficient (Wildman–Crippen LogP) is 0.853. The van der Waals surface area contributed by atoms with E-state index in [-0.39, 0.29) is 0 Å². The van der Waals surface area contributed by atoms with E-state index in [2.05, 4.69) is 10.2 Å². The maximum Gasteiger partial charge on any atom is 0.164 e. The number of rotatable bonds is 3. The first-order valence-electron chi connectivity index (χ1n) is 6.25. The smallest absolute Gasteiger partial charge is 0.164 e. The van der Waals surface area contributed by atoms with Crippen molar-refractivity contribution in [1.82, 2.24) is 10.2 Å². The maximum atomic E-state index is 11.9. The molecule has 1 fully saturated rings. The number of hydrogen-bond acceptors (Lipinski definition) is 4. The molecule has 2 rings (SSSR count). The second kappa shape index (κ2) is 5.82. The Morgan fingerprint density at radius 1 is 1.33 bits per heavy atom. The van der Waals surface area contributed by atoms with Gasteiger partial charge in [0, 0.05) is 25.9 Å². The van der Waals surface area contributed by atoms with Crippen LogP contribution in [0.15, 0.2) is 30.3 Å². The van der Waals surface area contributed by atoms with Crippen molar-refractivity contribution in [2.45, 2.75) is 18.3 Å². The summed E-state index contributed by atoms with van der Waals surface area (Å²) in [5.41, 5.74) is 1.16. The average Bonchev–Trinajstić information content (AvgIpc) is 2.55. The normalized spacial score (nSPS) is 22.6. The van der Waals surface area contributed by atoms with Gasteiger partial charge in [-0.1, -0.05) is 30.3 Å². The van der Waals surface area contributed by atoms with Crippen molar-refractivity contribution in [2.75, 3.05) is 25.9 Å². The molecule has 1 aromatic carbocycles. The first-order chi connectivity index (χ1) is 8.57. The van der Waals surface area contributed by atoms with Gasteiger partial charge in [-0.15, -0.1) is 0 Å². The summed E-state index contributed by atoms with van der Waals surface area (Å²) in [4.78, 5) is 2.06. The standard InChI is InChI=1S/C13H20N2O2S/c1-18(16,17)13-10-14-8-5-9-15(13)11-12-6-3-2-4-7-12/h2-4,6-7,13-14H,5,8-11H2,1H3. The minimum Gasteiger partial charge on any atom is -0.314 e. The van der Waals surface area contributed by atoms with E-state index in [1.165, 1.54) is 6.26 Å². The van der Waals surface area contributed by atoms with Crippen molar-refractivity contribution in [3.8, 4) is 0 Å². The van der Waals surface area contributed by atoms with Crippen LogP contribution >= 0.6 is 0 Å². The average molecular weight is 268 g/mol. The van der Waals surface area contributed by atoms with E-state index in [4.69, 9.17) is 0 Å². The molecule has 1 aromatic rings. The lowest BCUT2D eigenvalue weighted by molar-refractivity contribution is 0.252. The summed E-state index contributed by atoms with van der Waals surface area (Å²) in [6.07, 6.45) is 2.31. The molecule has 1 aliphatic rings. The van der Waals surface area contributed by atoms with E-state index in [9.17, 15) is 8.42 Å². The first kappa shape index (κ1) is 13.5. The predicted molar refractivity (Wildman–Crippen MR) is 73.0 cm³/mol. The molecule has 1 unspecified atom stereocenters. The SMILES string of the molecule is CS(=O)(=O)C1CNCCCN1Cc1ccccc1. The number of nitrogens with zero attached hydrogens (tertiary/aromatic N) is 1. The molecule has 100 valence electrons. The summed E-state index contributed by atoms with van der Waals surface area (Å²) in [5, 5.41) is 2.78. The molecule has 1 aliphatic heterocycles. The van der Waals surface area contributed by atoms with Crippen molar-refractivity contribution < 1.29 is 8.42 Å². The van der Waals surface area contributed by atoms with Gasteiger partial charge in [0.25, 0.3) is 0 Å². The fraction of sp³-hybridized carbons (Fsp3) is 0.538. The number of benzene rings is 1. The van der Waals surface area contributed by atoms with Crippen LogP contribution in [0.1, 0.15) is 12.0 Å². The summed E-state index contributed by atoms with van der Waals surface area (Å²) in [7, 11) is -3.06. The molecule has 0 aliphatic carbocycles. The van der Waals surface area contributed by atoms with Crippen LogP contribution in [0.25, 0.3) is 0 Å². The van der Waals surface area contributed by atoms with Gasteiger partial charge < -0.3 is 5.32 Å². The topological polar surface area (TPSA) is 49.4 Å². The quantitative estimate of drug-likeness (QED) is 0.883. The van der Waals surface area contributed by atoms with Crippen LogP contribution in [0.4, 0.5) is 0 Å². The Balaban J connectivity index is 2.16. The molecule has 1 heterocycles. The van der Waals surface area contributed by atoms with Crippen molar-refractivity contribution in [2.24, 2.45) is 0 Å². The third-order valence-corrected chi connectivity index (χ3v) is 4.70. The van der Waals surface area contributed by atoms with Gasteiger partial charge in [0.2, 0.25) is 0 Å². The highest BCUT2D eigenvalue weighted by Crippen LogP contribution is 2.14. The zero-order valence-corrected chi connectivity index (χ0v) is 11.5. The monoisotopic (exact) mass is 268 g/mol. The van der Waals surface area contributed by atoms with Gasteiger partial charge in [0.1, 0.15) is 5.37 Å². The van der Waals surface area contributed by atoms with E-state index in [0.29, 0.717) is 13.1 Å². The fourth-order valence-electron chi connectivity index (χ4n) is 2.33. The molecule has 0 amide bonds. The molecule has 0 radical (unpaired) electrons. The Morgan fingerprint density at radius 2 is 2.06 bits per heavy atom. The van der Waals surface area contributed by atoms with Crippen LogP contribution in [-0.4, -0.2) is 44.6 Å². The Labute approximate surface area is 109 Å². The highest BCUT2D eigenvalue weighted by molar-refractivity contribution is 7.91. The van der Waals surface area contributed by atoms with Crippen LogP contribution in [0.3, 0.4) is 0 Å². The molecular weight excluding hydrogens is 248 g/mol. The molecular formula is C13H20N2O2S. The summed E-state index contributed by atoms with van der Waals surface area (Å²) < 4.78 is 23.7. The van der Waals surface area contributed by atoms with Crippen LogP contribution < -0.4 is 5.32 Å². The molecule has 0 bridgehead atoms. The zero-order chi connectivity index (χ0) is 13.0. The fourth-order valence-corrected chi connectivity index (χ4v) is 3.47. The Morgan fingerprint density at radius 3 is 2.72 bits per heavy atom. The van der Waals surface area contributed by atoms with Crippen molar-refractivity contribution in [1.29, 1.82) is 0 Å². The summed E-state index contributed by atoms with van der Waals surface area (Å²) in [6, 6.07) is 10.0. The van der Waals surface area contributed by atoms with Crippen LogP contribution in [0.2, 0.25) is 0 Å². The third-order valence-electron chi connectivity index (χ3n) is 3.25. The van der Waals surface area contributed by atoms with Gasteiger partial charge in [-0.05, 0) is 18.5 Å². The lowest BCUT2D eigenvalue weighted by atomic mass is 10.2. The lowest BCUT2D eigenvalue weighted by Gasteiger charge is -2.28. The maximum absolute atomic E-state index is 11.9. The molecule has 1 saturated heterocycles. The molecule has 0 spiro atoms. The number of hydrogen-bond donors (Lipinski definition) is 1. The molecule has 5 heteroatoms. The molecule has 0 aromatic heterocycles. The van der Waals surface area contributed by atoms with Crippen molar-refractivity contribution in [3.63, 3.8) is 0 Å². The summed E-state index contributed by atoms with van der Waals surface area (Å²) in [6.45, 7) is 2.92. The number of nitrogens with one attached hydrogen (secondary N) is 1. The second-order valence-corrected chi connectivity index (χ2v) is 7.00. The summed E-state index contributed by atoms with van der Waals surface area (Å²) >= 11 is 0. The molecule has 0 saturated carbocycles. The van der Waals surface area contributed by atoms with Gasteiger partial charge in [-0.25, -0.2) is 8.42 Å². The van der Waals surface area contributed by atoms with Crippen molar-refractivity contribution >= 4 is 9.84 Å². The van der Waals surface area contributed by atoms with Gasteiger partial charge >= 0.3 is 0 Å². The van der Waals surface area contributed by atoms with Crippen molar-refractivity contribution in [3.05, 3.63) is 35.9 Å². The highest BCUT2D eigenvalue weighted by Gasteiger charge is 2.29. The highest BCUT2D eigenvalue weighted by atomic mass is 32.2. The van der Waals surface area contributed by atoms with E-state index in [1.807, 2.05) is 30.3 Å². The van der Waals surface area contributed by atoms with Crippen LogP contribution in [0.5, 0.6) is 0 Å². The van der Waals surface area contributed by atoms with Gasteiger partial charge in [-0.2, -0.15) is 0 Å². The Bertz CT molecular complexity index is 473. The zero-order valence-electron chi connectivity index (χ0n) is 10.7. The lowest BCUT2D eigenvalue weighted by Crippen LogP contribution is -2.44. The van der Waals surface area contributed by atoms with Crippen LogP contribution in [0, 0.1) is 0 Å². The van der Waals surface area contributed by atoms with E-state index < -0.39 is 15.2 Å². The number of sulfone groups is 1. The minimum absolute atomic E-state index is 0.416. The minimum atomic E-state index is -3.06. The van der Waals surface area contributed by atoms with Gasteiger partial charge in [-0.3, -0.25) is 4.90 Å². The van der Waals surface area contributed by atoms with E-state index in [0.717, 1.165) is 25.1 Å². The third kappa shape index (κ3) is 3.54. The molecule has 1 N–H and O–H groups in total. The van der Waals surface area contributed by atoms with E-state index >= 15 is 0 Å². The van der Waals surface area contributed by atoms with Gasteiger partial charge in [0.05, 0.1) is 0 Å². The molecule has 18 heavy (non-hydrogen) atoms. The van der Waals surface area contributed by atoms with Gasteiger partial charge in [0.15, 0.2) is 9.84 Å². The Hall–Kier alpha value is -0.910. The first-order valence-corrected chi connectivity index (χ1v) is 8.20. The Kier molecular flexibility index (Phi) is 4.37. The summed E-state index contributed by atoms with van der Waals surface area (Å²) in [5.74, 6) is 0. The van der Waals surface area contributed by atoms with E-state index in [1.54, 1.807) is 0 Å².